The minimum atomic E-state index is -0.165. The molecular formula is C20H20N2. The molecule has 0 spiro atoms. The molecule has 0 aromatic heterocycles. The van der Waals surface area contributed by atoms with Crippen molar-refractivity contribution in [3.63, 3.8) is 0 Å². The van der Waals surface area contributed by atoms with Crippen LogP contribution in [0, 0.1) is 22.7 Å². The molecule has 0 radical (unpaired) electrons. The molecule has 0 amide bonds. The van der Waals surface area contributed by atoms with Crippen LogP contribution >= 0.6 is 0 Å². The first-order valence-corrected chi connectivity index (χ1v) is 7.43. The Morgan fingerprint density at radius 2 is 1.50 bits per heavy atom. The number of benzene rings is 2. The lowest BCUT2D eigenvalue weighted by Gasteiger charge is -2.20. The monoisotopic (exact) mass is 288 g/mol. The molecule has 2 rings (SSSR count). The van der Waals surface area contributed by atoms with Crippen LogP contribution in [0.2, 0.25) is 0 Å². The van der Waals surface area contributed by atoms with Gasteiger partial charge in [-0.1, -0.05) is 57.2 Å². The molecular weight excluding hydrogens is 268 g/mol. The molecule has 2 aromatic rings. The lowest BCUT2D eigenvalue weighted by molar-refractivity contribution is 0.589. The molecule has 110 valence electrons. The van der Waals surface area contributed by atoms with E-state index in [1.165, 1.54) is 5.56 Å². The third-order valence-corrected chi connectivity index (χ3v) is 3.86. The molecule has 22 heavy (non-hydrogen) atoms. The van der Waals surface area contributed by atoms with Crippen molar-refractivity contribution in [2.45, 2.75) is 38.5 Å². The maximum atomic E-state index is 9.47. The first-order chi connectivity index (χ1) is 10.4. The zero-order valence-electron chi connectivity index (χ0n) is 13.3. The van der Waals surface area contributed by atoms with E-state index in [4.69, 9.17) is 5.26 Å². The number of hydrogen-bond acceptors (Lipinski definition) is 2. The minimum Gasteiger partial charge on any atom is -0.198 e. The molecule has 1 atom stereocenters. The van der Waals surface area contributed by atoms with Gasteiger partial charge in [-0.2, -0.15) is 10.5 Å². The van der Waals surface area contributed by atoms with E-state index in [2.05, 4.69) is 57.2 Å². The summed E-state index contributed by atoms with van der Waals surface area (Å²) in [7, 11) is 0. The Bertz CT molecular complexity index is 705. The summed E-state index contributed by atoms with van der Waals surface area (Å²) in [6.07, 6.45) is 0.664. The second-order valence-corrected chi connectivity index (χ2v) is 6.57. The van der Waals surface area contributed by atoms with Crippen molar-refractivity contribution in [2.75, 3.05) is 0 Å². The topological polar surface area (TPSA) is 47.6 Å². The van der Waals surface area contributed by atoms with E-state index in [1.807, 2.05) is 12.1 Å². The predicted molar refractivity (Wildman–Crippen MR) is 88.4 cm³/mol. The van der Waals surface area contributed by atoms with Gasteiger partial charge in [0, 0.05) is 0 Å². The van der Waals surface area contributed by atoms with Gasteiger partial charge in [0.05, 0.1) is 23.6 Å². The molecule has 2 nitrogen and oxygen atoms in total. The fourth-order valence-corrected chi connectivity index (χ4v) is 2.40. The fourth-order valence-electron chi connectivity index (χ4n) is 2.40. The fraction of sp³-hybridized carbons (Fsp3) is 0.300. The van der Waals surface area contributed by atoms with Gasteiger partial charge >= 0.3 is 0 Å². The summed E-state index contributed by atoms with van der Waals surface area (Å²) < 4.78 is 0. The molecule has 0 aliphatic carbocycles. The number of rotatable bonds is 3. The van der Waals surface area contributed by atoms with Crippen LogP contribution in [0.25, 0.3) is 0 Å². The molecule has 2 aromatic carbocycles. The quantitative estimate of drug-likeness (QED) is 0.821. The standard InChI is InChI=1S/C20H20N2/c1-20(2,3)19-10-8-17(9-11-19)18(14-22)12-15-4-6-16(13-21)7-5-15/h4-11,18H,12H2,1-3H3. The van der Waals surface area contributed by atoms with E-state index in [1.54, 1.807) is 12.1 Å². The van der Waals surface area contributed by atoms with Crippen LogP contribution in [-0.2, 0) is 11.8 Å². The van der Waals surface area contributed by atoms with Gasteiger partial charge in [-0.3, -0.25) is 0 Å². The summed E-state index contributed by atoms with van der Waals surface area (Å²) >= 11 is 0. The first-order valence-electron chi connectivity index (χ1n) is 7.43. The maximum absolute atomic E-state index is 9.47. The Kier molecular flexibility index (Phi) is 4.64. The Labute approximate surface area is 132 Å². The van der Waals surface area contributed by atoms with Gasteiger partial charge in [-0.05, 0) is 40.7 Å². The molecule has 1 unspecified atom stereocenters. The molecule has 0 aliphatic rings. The van der Waals surface area contributed by atoms with Crippen LogP contribution in [-0.4, -0.2) is 0 Å². The molecule has 0 fully saturated rings. The summed E-state index contributed by atoms with van der Waals surface area (Å²) in [4.78, 5) is 0. The third-order valence-electron chi connectivity index (χ3n) is 3.86. The van der Waals surface area contributed by atoms with Gasteiger partial charge in [0.15, 0.2) is 0 Å². The van der Waals surface area contributed by atoms with Crippen LogP contribution in [0.1, 0.15) is 48.9 Å². The van der Waals surface area contributed by atoms with Gasteiger partial charge in [-0.25, -0.2) is 0 Å². The normalized spacial score (nSPS) is 12.2. The van der Waals surface area contributed by atoms with E-state index < -0.39 is 0 Å². The Morgan fingerprint density at radius 3 is 1.95 bits per heavy atom. The molecule has 0 saturated carbocycles. The van der Waals surface area contributed by atoms with Crippen molar-refractivity contribution in [3.05, 3.63) is 70.8 Å². The second-order valence-electron chi connectivity index (χ2n) is 6.57. The van der Waals surface area contributed by atoms with E-state index in [0.29, 0.717) is 12.0 Å². The Morgan fingerprint density at radius 1 is 0.909 bits per heavy atom. The summed E-state index contributed by atoms with van der Waals surface area (Å²) in [6.45, 7) is 6.54. The third kappa shape index (κ3) is 3.74. The zero-order valence-corrected chi connectivity index (χ0v) is 13.3. The highest BCUT2D eigenvalue weighted by Gasteiger charge is 2.16. The Balaban J connectivity index is 2.18. The lowest BCUT2D eigenvalue weighted by atomic mass is 9.85. The van der Waals surface area contributed by atoms with Gasteiger partial charge < -0.3 is 0 Å². The second kappa shape index (κ2) is 6.46. The van der Waals surface area contributed by atoms with Crippen LogP contribution in [0.15, 0.2) is 48.5 Å². The average molecular weight is 288 g/mol. The first kappa shape index (κ1) is 15.8. The van der Waals surface area contributed by atoms with Crippen molar-refractivity contribution in [2.24, 2.45) is 0 Å². The highest BCUT2D eigenvalue weighted by atomic mass is 14.3. The molecule has 2 heteroatoms. The lowest BCUT2D eigenvalue weighted by Crippen LogP contribution is -2.11. The Hall–Kier alpha value is -2.58. The van der Waals surface area contributed by atoms with Crippen molar-refractivity contribution in [3.8, 4) is 12.1 Å². The van der Waals surface area contributed by atoms with Crippen LogP contribution in [0.4, 0.5) is 0 Å². The highest BCUT2D eigenvalue weighted by Crippen LogP contribution is 2.26. The number of nitrogens with zero attached hydrogens (tertiary/aromatic N) is 2. The molecule has 0 heterocycles. The predicted octanol–water partition coefficient (Wildman–Crippen LogP) is 4.71. The summed E-state index contributed by atoms with van der Waals surface area (Å²) in [5.74, 6) is -0.165. The summed E-state index contributed by atoms with van der Waals surface area (Å²) in [5, 5.41) is 18.3. The largest absolute Gasteiger partial charge is 0.198 e. The summed E-state index contributed by atoms with van der Waals surface area (Å²) in [5.41, 5.74) is 4.15. The average Bonchev–Trinajstić information content (AvgIpc) is 2.52. The molecule has 0 aliphatic heterocycles. The van der Waals surface area contributed by atoms with E-state index in [0.717, 1.165) is 11.1 Å². The zero-order chi connectivity index (χ0) is 16.2. The summed E-state index contributed by atoms with van der Waals surface area (Å²) in [6, 6.07) is 20.3. The van der Waals surface area contributed by atoms with E-state index in [9.17, 15) is 5.26 Å². The highest BCUT2D eigenvalue weighted by molar-refractivity contribution is 5.36. The minimum absolute atomic E-state index is 0.119. The molecule has 0 bridgehead atoms. The SMILES string of the molecule is CC(C)(C)c1ccc(C(C#N)Cc2ccc(C#N)cc2)cc1. The molecule has 0 saturated heterocycles. The van der Waals surface area contributed by atoms with Gasteiger partial charge in [0.25, 0.3) is 0 Å². The van der Waals surface area contributed by atoms with Crippen molar-refractivity contribution in [1.29, 1.82) is 10.5 Å². The van der Waals surface area contributed by atoms with Crippen LogP contribution in [0.5, 0.6) is 0 Å². The smallest absolute Gasteiger partial charge is 0.0991 e. The van der Waals surface area contributed by atoms with Crippen molar-refractivity contribution >= 4 is 0 Å². The van der Waals surface area contributed by atoms with Crippen LogP contribution < -0.4 is 0 Å². The van der Waals surface area contributed by atoms with Crippen molar-refractivity contribution < 1.29 is 0 Å². The van der Waals surface area contributed by atoms with Gasteiger partial charge in [0.1, 0.15) is 0 Å². The maximum Gasteiger partial charge on any atom is 0.0991 e. The number of hydrogen-bond donors (Lipinski definition) is 0. The van der Waals surface area contributed by atoms with E-state index >= 15 is 0 Å². The van der Waals surface area contributed by atoms with E-state index in [-0.39, 0.29) is 11.3 Å². The van der Waals surface area contributed by atoms with Gasteiger partial charge in [-0.15, -0.1) is 0 Å². The van der Waals surface area contributed by atoms with Crippen molar-refractivity contribution in [1.82, 2.24) is 0 Å². The van der Waals surface area contributed by atoms with Gasteiger partial charge in [0.2, 0.25) is 0 Å². The molecule has 0 N–H and O–H groups in total. The number of nitriles is 2. The van der Waals surface area contributed by atoms with Crippen LogP contribution in [0.3, 0.4) is 0 Å².